The number of carbonyl (C=O) groups excluding carboxylic acids is 1. The lowest BCUT2D eigenvalue weighted by atomic mass is 9.90. The van der Waals surface area contributed by atoms with Crippen LogP contribution in [0.2, 0.25) is 0 Å². The highest BCUT2D eigenvalue weighted by atomic mass is 16.2. The van der Waals surface area contributed by atoms with Crippen LogP contribution in [0.1, 0.15) is 25.3 Å². The fourth-order valence-corrected chi connectivity index (χ4v) is 3.73. The highest BCUT2D eigenvalue weighted by molar-refractivity contribution is 5.78. The molecule has 126 valence electrons. The van der Waals surface area contributed by atoms with Crippen LogP contribution in [-0.4, -0.2) is 61.0 Å². The molecule has 2 saturated heterocycles. The Balaban J connectivity index is 1.44. The van der Waals surface area contributed by atoms with Crippen molar-refractivity contribution in [2.45, 2.75) is 32.2 Å². The van der Waals surface area contributed by atoms with Crippen molar-refractivity contribution in [2.24, 2.45) is 5.92 Å². The summed E-state index contributed by atoms with van der Waals surface area (Å²) >= 11 is 0. The fraction of sp³-hybridized carbons (Fsp3) is 0.632. The van der Waals surface area contributed by atoms with E-state index in [0.717, 1.165) is 57.9 Å². The van der Waals surface area contributed by atoms with Gasteiger partial charge in [0.15, 0.2) is 0 Å². The fourth-order valence-electron chi connectivity index (χ4n) is 3.73. The van der Waals surface area contributed by atoms with Crippen LogP contribution in [-0.2, 0) is 11.2 Å². The van der Waals surface area contributed by atoms with Crippen molar-refractivity contribution in [1.29, 1.82) is 0 Å². The quantitative estimate of drug-likeness (QED) is 0.920. The molecule has 2 heterocycles. The van der Waals surface area contributed by atoms with Crippen LogP contribution in [0.15, 0.2) is 30.3 Å². The minimum Gasteiger partial charge on any atom is -0.342 e. The number of amides is 1. The van der Waals surface area contributed by atoms with Gasteiger partial charge < -0.3 is 10.2 Å². The first-order chi connectivity index (χ1) is 11.2. The molecule has 1 atom stereocenters. The maximum absolute atomic E-state index is 12.5. The smallest absolute Gasteiger partial charge is 0.236 e. The van der Waals surface area contributed by atoms with Gasteiger partial charge in [-0.15, -0.1) is 0 Å². The van der Waals surface area contributed by atoms with Crippen molar-refractivity contribution < 1.29 is 4.79 Å². The van der Waals surface area contributed by atoms with E-state index in [4.69, 9.17) is 0 Å². The molecule has 0 saturated carbocycles. The molecule has 2 fully saturated rings. The molecule has 1 aromatic carbocycles. The number of hydrogen-bond acceptors (Lipinski definition) is 3. The van der Waals surface area contributed by atoms with Crippen LogP contribution >= 0.6 is 0 Å². The summed E-state index contributed by atoms with van der Waals surface area (Å²) in [6.45, 7) is 7.62. The van der Waals surface area contributed by atoms with Crippen molar-refractivity contribution in [2.75, 3.05) is 39.3 Å². The molecule has 1 aromatic rings. The normalized spacial score (nSPS) is 23.9. The van der Waals surface area contributed by atoms with E-state index in [1.165, 1.54) is 5.56 Å². The van der Waals surface area contributed by atoms with E-state index in [1.54, 1.807) is 0 Å². The van der Waals surface area contributed by atoms with Crippen molar-refractivity contribution in [3.63, 3.8) is 0 Å². The van der Waals surface area contributed by atoms with Crippen LogP contribution in [0.3, 0.4) is 0 Å². The van der Waals surface area contributed by atoms with E-state index in [0.29, 0.717) is 18.5 Å². The second-order valence-electron chi connectivity index (χ2n) is 7.04. The minimum absolute atomic E-state index is 0.317. The first kappa shape index (κ1) is 16.5. The molecule has 2 aliphatic heterocycles. The van der Waals surface area contributed by atoms with E-state index in [1.807, 2.05) is 0 Å². The number of nitrogens with one attached hydrogen (secondary N) is 1. The van der Waals surface area contributed by atoms with Gasteiger partial charge in [0, 0.05) is 38.8 Å². The Hall–Kier alpha value is -1.39. The van der Waals surface area contributed by atoms with E-state index in [2.05, 4.69) is 52.4 Å². The second-order valence-corrected chi connectivity index (χ2v) is 7.04. The van der Waals surface area contributed by atoms with Gasteiger partial charge in [0.25, 0.3) is 0 Å². The SMILES string of the molecule is C[C@H]1CNCCN1CC(=O)N1CCC(Cc2ccccc2)CC1. The zero-order valence-electron chi connectivity index (χ0n) is 14.2. The standard InChI is InChI=1S/C19H29N3O/c1-16-14-20-9-12-22(16)15-19(23)21-10-7-18(8-11-21)13-17-5-3-2-4-6-17/h2-6,16,18,20H,7-15H2,1H3/t16-/m0/s1. The van der Waals surface area contributed by atoms with Crippen molar-refractivity contribution in [1.82, 2.24) is 15.1 Å². The Kier molecular flexibility index (Phi) is 5.68. The van der Waals surface area contributed by atoms with Gasteiger partial charge in [0.05, 0.1) is 6.54 Å². The zero-order chi connectivity index (χ0) is 16.1. The van der Waals surface area contributed by atoms with Gasteiger partial charge in [-0.25, -0.2) is 0 Å². The van der Waals surface area contributed by atoms with Crippen LogP contribution < -0.4 is 5.32 Å². The van der Waals surface area contributed by atoms with Gasteiger partial charge >= 0.3 is 0 Å². The van der Waals surface area contributed by atoms with E-state index < -0.39 is 0 Å². The highest BCUT2D eigenvalue weighted by Gasteiger charge is 2.26. The molecule has 0 unspecified atom stereocenters. The predicted octanol–water partition coefficient (Wildman–Crippen LogP) is 1.76. The molecule has 2 aliphatic rings. The molecule has 4 nitrogen and oxygen atoms in total. The van der Waals surface area contributed by atoms with E-state index in [-0.39, 0.29) is 0 Å². The third-order valence-corrected chi connectivity index (χ3v) is 5.31. The molecule has 0 aliphatic carbocycles. The Morgan fingerprint density at radius 3 is 2.61 bits per heavy atom. The zero-order valence-corrected chi connectivity index (χ0v) is 14.2. The van der Waals surface area contributed by atoms with Crippen molar-refractivity contribution in [3.8, 4) is 0 Å². The number of hydrogen-bond donors (Lipinski definition) is 1. The molecule has 0 radical (unpaired) electrons. The first-order valence-electron chi connectivity index (χ1n) is 8.99. The van der Waals surface area contributed by atoms with Crippen LogP contribution in [0.5, 0.6) is 0 Å². The number of likely N-dealkylation sites (tertiary alicyclic amines) is 1. The van der Waals surface area contributed by atoms with E-state index in [9.17, 15) is 4.79 Å². The molecule has 3 rings (SSSR count). The van der Waals surface area contributed by atoms with E-state index >= 15 is 0 Å². The second kappa shape index (κ2) is 7.93. The average Bonchev–Trinajstić information content (AvgIpc) is 2.58. The Morgan fingerprint density at radius 1 is 1.17 bits per heavy atom. The molecule has 0 aromatic heterocycles. The molecule has 0 bridgehead atoms. The third kappa shape index (κ3) is 4.55. The monoisotopic (exact) mass is 315 g/mol. The number of benzene rings is 1. The predicted molar refractivity (Wildman–Crippen MR) is 93.4 cm³/mol. The maximum Gasteiger partial charge on any atom is 0.236 e. The lowest BCUT2D eigenvalue weighted by molar-refractivity contribution is -0.134. The molecular weight excluding hydrogens is 286 g/mol. The molecular formula is C19H29N3O. The number of piperidine rings is 1. The molecule has 1 amide bonds. The summed E-state index contributed by atoms with van der Waals surface area (Å²) in [7, 11) is 0. The topological polar surface area (TPSA) is 35.6 Å². The lowest BCUT2D eigenvalue weighted by Gasteiger charge is -2.37. The maximum atomic E-state index is 12.5. The summed E-state index contributed by atoms with van der Waals surface area (Å²) in [6, 6.07) is 11.2. The number of nitrogens with zero attached hydrogens (tertiary/aromatic N) is 2. The molecule has 23 heavy (non-hydrogen) atoms. The van der Waals surface area contributed by atoms with Crippen molar-refractivity contribution >= 4 is 5.91 Å². The number of rotatable bonds is 4. The molecule has 1 N–H and O–H groups in total. The molecule has 0 spiro atoms. The summed E-state index contributed by atoms with van der Waals surface area (Å²) < 4.78 is 0. The largest absolute Gasteiger partial charge is 0.342 e. The van der Waals surface area contributed by atoms with Crippen LogP contribution in [0.4, 0.5) is 0 Å². The molecule has 4 heteroatoms. The first-order valence-corrected chi connectivity index (χ1v) is 8.99. The number of piperazine rings is 1. The summed E-state index contributed by atoms with van der Waals surface area (Å²) in [4.78, 5) is 16.9. The summed E-state index contributed by atoms with van der Waals surface area (Å²) in [5.41, 5.74) is 1.42. The summed E-state index contributed by atoms with van der Waals surface area (Å²) in [6.07, 6.45) is 3.42. The minimum atomic E-state index is 0.317. The Labute approximate surface area is 139 Å². The Morgan fingerprint density at radius 2 is 1.91 bits per heavy atom. The summed E-state index contributed by atoms with van der Waals surface area (Å²) in [5, 5.41) is 3.38. The van der Waals surface area contributed by atoms with Crippen LogP contribution in [0, 0.1) is 5.92 Å². The lowest BCUT2D eigenvalue weighted by Crippen LogP contribution is -2.53. The van der Waals surface area contributed by atoms with Gasteiger partial charge in [-0.2, -0.15) is 0 Å². The summed E-state index contributed by atoms with van der Waals surface area (Å²) in [5.74, 6) is 1.04. The van der Waals surface area contributed by atoms with Gasteiger partial charge in [-0.3, -0.25) is 9.69 Å². The van der Waals surface area contributed by atoms with Gasteiger partial charge in [0.1, 0.15) is 0 Å². The van der Waals surface area contributed by atoms with Gasteiger partial charge in [-0.1, -0.05) is 30.3 Å². The number of carbonyl (C=O) groups is 1. The van der Waals surface area contributed by atoms with Crippen molar-refractivity contribution in [3.05, 3.63) is 35.9 Å². The Bertz CT molecular complexity index is 497. The third-order valence-electron chi connectivity index (χ3n) is 5.31. The van der Waals surface area contributed by atoms with Gasteiger partial charge in [0.2, 0.25) is 5.91 Å². The average molecular weight is 315 g/mol. The highest BCUT2D eigenvalue weighted by Crippen LogP contribution is 2.22. The van der Waals surface area contributed by atoms with Gasteiger partial charge in [-0.05, 0) is 37.7 Å². The van der Waals surface area contributed by atoms with Crippen LogP contribution in [0.25, 0.3) is 0 Å².